The van der Waals surface area contributed by atoms with E-state index in [9.17, 15) is 13.2 Å². The van der Waals surface area contributed by atoms with Crippen molar-refractivity contribution in [2.45, 2.75) is 4.90 Å². The van der Waals surface area contributed by atoms with Gasteiger partial charge in [0.05, 0.1) is 18.2 Å². The Kier molecular flexibility index (Phi) is 6.58. The Balaban J connectivity index is 2.10. The molecule has 138 valence electrons. The Morgan fingerprint density at radius 1 is 1.23 bits per heavy atom. The highest BCUT2D eigenvalue weighted by Gasteiger charge is 2.12. The Hall–Kier alpha value is -2.59. The number of hydrogen-bond acceptors (Lipinski definition) is 6. The number of nitrogens with one attached hydrogen (secondary N) is 1. The number of hydrazone groups is 1. The molecule has 3 N–H and O–H groups in total. The number of primary amides is 1. The van der Waals surface area contributed by atoms with Crippen LogP contribution in [0.3, 0.4) is 0 Å². The second kappa shape index (κ2) is 8.68. The average molecular weight is 442 g/mol. The highest BCUT2D eigenvalue weighted by molar-refractivity contribution is 9.10. The van der Waals surface area contributed by atoms with E-state index in [1.165, 1.54) is 25.5 Å². The Bertz CT molecular complexity index is 914. The normalized spacial score (nSPS) is 11.3. The summed E-state index contributed by atoms with van der Waals surface area (Å²) in [5.74, 6) is 0.0740. The molecule has 0 spiro atoms. The summed E-state index contributed by atoms with van der Waals surface area (Å²) in [5.41, 5.74) is 5.59. The second-order valence-electron chi connectivity index (χ2n) is 4.97. The number of hydrogen-bond donors (Lipinski definition) is 2. The maximum atomic E-state index is 12.1. The minimum atomic E-state index is -3.77. The molecule has 0 saturated carbocycles. The Labute approximate surface area is 159 Å². The first-order chi connectivity index (χ1) is 12.3. The molecule has 2 aromatic carbocycles. The van der Waals surface area contributed by atoms with Gasteiger partial charge in [0.25, 0.3) is 15.9 Å². The number of rotatable bonds is 8. The fourth-order valence-corrected chi connectivity index (χ4v) is 2.92. The third-order valence-corrected chi connectivity index (χ3v) is 4.84. The lowest BCUT2D eigenvalue weighted by atomic mass is 10.2. The van der Waals surface area contributed by atoms with Crippen molar-refractivity contribution in [2.75, 3.05) is 13.7 Å². The molecule has 0 saturated heterocycles. The number of nitrogens with two attached hydrogens (primary N) is 1. The number of carbonyl (C=O) groups is 1. The fourth-order valence-electron chi connectivity index (χ4n) is 1.87. The van der Waals surface area contributed by atoms with Crippen LogP contribution in [0.15, 0.2) is 56.9 Å². The van der Waals surface area contributed by atoms with E-state index >= 15 is 0 Å². The van der Waals surface area contributed by atoms with E-state index in [2.05, 4.69) is 25.9 Å². The highest BCUT2D eigenvalue weighted by atomic mass is 79.9. The molecule has 0 aliphatic heterocycles. The van der Waals surface area contributed by atoms with Gasteiger partial charge in [0.15, 0.2) is 18.1 Å². The largest absolute Gasteiger partial charge is 0.493 e. The maximum absolute atomic E-state index is 12.1. The summed E-state index contributed by atoms with van der Waals surface area (Å²) in [5, 5.41) is 3.75. The van der Waals surface area contributed by atoms with E-state index in [4.69, 9.17) is 15.2 Å². The van der Waals surface area contributed by atoms with Gasteiger partial charge in [-0.25, -0.2) is 4.83 Å². The molecule has 0 aliphatic rings. The van der Waals surface area contributed by atoms with Crippen LogP contribution in [0.25, 0.3) is 0 Å². The van der Waals surface area contributed by atoms with Crippen LogP contribution in [-0.4, -0.2) is 34.3 Å². The van der Waals surface area contributed by atoms with Gasteiger partial charge >= 0.3 is 0 Å². The summed E-state index contributed by atoms with van der Waals surface area (Å²) in [7, 11) is -2.33. The van der Waals surface area contributed by atoms with E-state index in [-0.39, 0.29) is 11.5 Å². The Morgan fingerprint density at radius 2 is 1.92 bits per heavy atom. The predicted molar refractivity (Wildman–Crippen MR) is 99.7 cm³/mol. The number of sulfonamides is 1. The van der Waals surface area contributed by atoms with Crippen LogP contribution in [0.1, 0.15) is 5.56 Å². The number of halogens is 1. The van der Waals surface area contributed by atoms with Crippen molar-refractivity contribution < 1.29 is 22.7 Å². The number of benzene rings is 2. The molecule has 26 heavy (non-hydrogen) atoms. The first kappa shape index (κ1) is 19.7. The first-order valence-electron chi connectivity index (χ1n) is 7.21. The molecular weight excluding hydrogens is 426 g/mol. The van der Waals surface area contributed by atoms with Crippen LogP contribution in [-0.2, 0) is 14.8 Å². The predicted octanol–water partition coefficient (Wildman–Crippen LogP) is 1.63. The van der Waals surface area contributed by atoms with Gasteiger partial charge in [-0.3, -0.25) is 4.79 Å². The van der Waals surface area contributed by atoms with Crippen LogP contribution in [0.5, 0.6) is 11.5 Å². The molecular formula is C16H16BrN3O5S. The van der Waals surface area contributed by atoms with Gasteiger partial charge in [0.1, 0.15) is 0 Å². The molecule has 2 aromatic rings. The number of ether oxygens (including phenoxy) is 2. The summed E-state index contributed by atoms with van der Waals surface area (Å²) in [6, 6.07) is 10.9. The fraction of sp³-hybridized carbons (Fsp3) is 0.125. The van der Waals surface area contributed by atoms with E-state index in [1.54, 1.807) is 30.3 Å². The van der Waals surface area contributed by atoms with Gasteiger partial charge in [0.2, 0.25) is 0 Å². The van der Waals surface area contributed by atoms with Gasteiger partial charge in [0, 0.05) is 4.47 Å². The zero-order valence-corrected chi connectivity index (χ0v) is 16.1. The van der Waals surface area contributed by atoms with Crippen molar-refractivity contribution in [1.82, 2.24) is 4.83 Å². The van der Waals surface area contributed by atoms with Crippen molar-refractivity contribution in [1.29, 1.82) is 0 Å². The van der Waals surface area contributed by atoms with Crippen molar-refractivity contribution in [3.05, 3.63) is 52.5 Å². The van der Waals surface area contributed by atoms with Crippen molar-refractivity contribution >= 4 is 38.1 Å². The Morgan fingerprint density at radius 3 is 2.54 bits per heavy atom. The number of carbonyl (C=O) groups excluding carboxylic acids is 1. The topological polar surface area (TPSA) is 120 Å². The molecule has 0 fully saturated rings. The zero-order valence-electron chi connectivity index (χ0n) is 13.7. The average Bonchev–Trinajstić information content (AvgIpc) is 2.60. The minimum absolute atomic E-state index is 0.0885. The second-order valence-corrected chi connectivity index (χ2v) is 7.55. The molecule has 0 atom stereocenters. The lowest BCUT2D eigenvalue weighted by Gasteiger charge is -2.09. The molecule has 1 amide bonds. The monoisotopic (exact) mass is 441 g/mol. The summed E-state index contributed by atoms with van der Waals surface area (Å²) >= 11 is 3.24. The molecule has 0 heterocycles. The van der Waals surface area contributed by atoms with E-state index < -0.39 is 15.9 Å². The van der Waals surface area contributed by atoms with Gasteiger partial charge in [-0.05, 0) is 48.0 Å². The molecule has 0 aliphatic carbocycles. The van der Waals surface area contributed by atoms with Gasteiger partial charge < -0.3 is 15.2 Å². The molecule has 0 aromatic heterocycles. The summed E-state index contributed by atoms with van der Waals surface area (Å²) in [4.78, 5) is 13.0. The van der Waals surface area contributed by atoms with Crippen molar-refractivity contribution in [3.63, 3.8) is 0 Å². The molecule has 8 nitrogen and oxygen atoms in total. The van der Waals surface area contributed by atoms with Crippen LogP contribution in [0.4, 0.5) is 0 Å². The molecule has 0 unspecified atom stereocenters. The lowest BCUT2D eigenvalue weighted by molar-refractivity contribution is -0.119. The SMILES string of the molecule is COc1cc(/C=N\NS(=O)(=O)c2ccc(Br)cc2)ccc1OCC(N)=O. The minimum Gasteiger partial charge on any atom is -0.493 e. The third-order valence-electron chi connectivity index (χ3n) is 3.07. The molecule has 10 heteroatoms. The van der Waals surface area contributed by atoms with Crippen LogP contribution in [0, 0.1) is 0 Å². The van der Waals surface area contributed by atoms with Crippen LogP contribution >= 0.6 is 15.9 Å². The van der Waals surface area contributed by atoms with Crippen molar-refractivity contribution in [2.24, 2.45) is 10.8 Å². The standard InChI is InChI=1S/C16H16BrN3O5S/c1-24-15-8-11(2-7-14(15)25-10-16(18)21)9-19-20-26(22,23)13-5-3-12(17)4-6-13/h2-9,20H,10H2,1H3,(H2,18,21)/b19-9-. The van der Waals surface area contributed by atoms with Gasteiger partial charge in [-0.1, -0.05) is 15.9 Å². The van der Waals surface area contributed by atoms with Crippen LogP contribution < -0.4 is 20.0 Å². The molecule has 0 radical (unpaired) electrons. The molecule has 0 bridgehead atoms. The van der Waals surface area contributed by atoms with Crippen molar-refractivity contribution in [3.8, 4) is 11.5 Å². The summed E-state index contributed by atoms with van der Waals surface area (Å²) in [6.07, 6.45) is 1.32. The first-order valence-corrected chi connectivity index (χ1v) is 9.49. The summed E-state index contributed by atoms with van der Waals surface area (Å²) < 4.78 is 35.4. The summed E-state index contributed by atoms with van der Waals surface area (Å²) in [6.45, 7) is -0.281. The number of methoxy groups -OCH3 is 1. The van der Waals surface area contributed by atoms with E-state index in [0.717, 1.165) is 4.47 Å². The maximum Gasteiger partial charge on any atom is 0.276 e. The third kappa shape index (κ3) is 5.46. The smallest absolute Gasteiger partial charge is 0.276 e. The molecule has 2 rings (SSSR count). The van der Waals surface area contributed by atoms with Gasteiger partial charge in [-0.2, -0.15) is 13.5 Å². The van der Waals surface area contributed by atoms with E-state index in [1.807, 2.05) is 0 Å². The lowest BCUT2D eigenvalue weighted by Crippen LogP contribution is -2.20. The zero-order chi connectivity index (χ0) is 19.2. The van der Waals surface area contributed by atoms with Crippen LogP contribution in [0.2, 0.25) is 0 Å². The van der Waals surface area contributed by atoms with E-state index in [0.29, 0.717) is 17.1 Å². The number of nitrogens with zero attached hydrogens (tertiary/aromatic N) is 1. The quantitative estimate of drug-likeness (QED) is 0.476. The number of amides is 1. The van der Waals surface area contributed by atoms with Gasteiger partial charge in [-0.15, -0.1) is 0 Å². The highest BCUT2D eigenvalue weighted by Crippen LogP contribution is 2.27.